The molecule has 0 radical (unpaired) electrons. The number of ether oxygens (including phenoxy) is 2. The number of hydrogen-bond donors (Lipinski definition) is 1. The third kappa shape index (κ3) is 3.44. The molecule has 1 aliphatic heterocycles. The van der Waals surface area contributed by atoms with Crippen LogP contribution in [0.25, 0.3) is 5.57 Å². The molecule has 1 aliphatic rings. The smallest absolute Gasteiger partial charge is 0.282 e. The van der Waals surface area contributed by atoms with Gasteiger partial charge in [-0.25, -0.2) is 4.90 Å². The summed E-state index contributed by atoms with van der Waals surface area (Å²) < 4.78 is 10.7. The molecule has 0 saturated carbocycles. The van der Waals surface area contributed by atoms with Crippen molar-refractivity contribution in [3.05, 3.63) is 76.1 Å². The van der Waals surface area contributed by atoms with Crippen LogP contribution in [-0.2, 0) is 9.59 Å². The maximum Gasteiger partial charge on any atom is 0.282 e. The number of aryl methyl sites for hydroxylation is 1. The number of hydrogen-bond acceptors (Lipinski definition) is 6. The molecule has 0 fully saturated rings. The Morgan fingerprint density at radius 1 is 0.933 bits per heavy atom. The van der Waals surface area contributed by atoms with Crippen molar-refractivity contribution < 1.29 is 19.1 Å². The Balaban J connectivity index is 1.80. The molecule has 0 unspecified atom stereocenters. The second-order valence-corrected chi connectivity index (χ2v) is 7.65. The molecule has 1 aromatic heterocycles. The maximum atomic E-state index is 13.4. The van der Waals surface area contributed by atoms with E-state index in [9.17, 15) is 9.59 Å². The first kappa shape index (κ1) is 19.7. The molecule has 3 aromatic rings. The van der Waals surface area contributed by atoms with Crippen molar-refractivity contribution in [3.8, 4) is 11.5 Å². The van der Waals surface area contributed by atoms with E-state index in [0.717, 1.165) is 21.0 Å². The van der Waals surface area contributed by atoms with Crippen molar-refractivity contribution in [3.63, 3.8) is 0 Å². The zero-order valence-corrected chi connectivity index (χ0v) is 17.6. The molecule has 2 heterocycles. The van der Waals surface area contributed by atoms with E-state index in [2.05, 4.69) is 5.32 Å². The molecule has 0 spiro atoms. The lowest BCUT2D eigenvalue weighted by Gasteiger charge is -2.19. The number of methoxy groups -OCH3 is 2. The molecule has 6 nitrogen and oxygen atoms in total. The molecule has 1 N–H and O–H groups in total. The van der Waals surface area contributed by atoms with E-state index < -0.39 is 11.8 Å². The highest BCUT2D eigenvalue weighted by atomic mass is 32.1. The van der Waals surface area contributed by atoms with Crippen molar-refractivity contribution in [2.24, 2.45) is 0 Å². The molecule has 152 valence electrons. The fraction of sp³-hybridized carbons (Fsp3) is 0.130. The average Bonchev–Trinajstić information content (AvgIpc) is 3.36. The summed E-state index contributed by atoms with van der Waals surface area (Å²) in [6, 6.07) is 16.3. The quantitative estimate of drug-likeness (QED) is 0.596. The Labute approximate surface area is 178 Å². The van der Waals surface area contributed by atoms with Crippen molar-refractivity contribution in [1.82, 2.24) is 0 Å². The fourth-order valence-corrected chi connectivity index (χ4v) is 4.03. The third-order valence-corrected chi connectivity index (χ3v) is 5.69. The lowest BCUT2D eigenvalue weighted by molar-refractivity contribution is -0.120. The second kappa shape index (κ2) is 8.04. The lowest BCUT2D eigenvalue weighted by atomic mass is 10.1. The number of rotatable bonds is 6. The average molecular weight is 420 g/mol. The van der Waals surface area contributed by atoms with Gasteiger partial charge in [0.15, 0.2) is 0 Å². The minimum absolute atomic E-state index is 0.240. The summed E-state index contributed by atoms with van der Waals surface area (Å²) in [5.41, 5.74) is 2.78. The van der Waals surface area contributed by atoms with Gasteiger partial charge in [0.05, 0.1) is 25.5 Å². The maximum absolute atomic E-state index is 13.4. The van der Waals surface area contributed by atoms with Gasteiger partial charge in [-0.2, -0.15) is 0 Å². The molecular weight excluding hydrogens is 400 g/mol. The summed E-state index contributed by atoms with van der Waals surface area (Å²) in [5.74, 6) is 0.102. The molecule has 2 amide bonds. The van der Waals surface area contributed by atoms with E-state index in [0.29, 0.717) is 22.8 Å². The SMILES string of the molecule is COc1ccc(N2C(=O)C(Nc3ccc(C)cc3)=C(c3cccs3)C2=O)c(OC)c1. The van der Waals surface area contributed by atoms with Crippen LogP contribution < -0.4 is 19.7 Å². The highest BCUT2D eigenvalue weighted by Gasteiger charge is 2.41. The summed E-state index contributed by atoms with van der Waals surface area (Å²) in [4.78, 5) is 28.7. The van der Waals surface area contributed by atoms with Gasteiger partial charge in [0.2, 0.25) is 0 Å². The standard InChI is InChI=1S/C23H20N2O4S/c1-14-6-8-15(9-7-14)24-21-20(19-5-4-12-30-19)22(26)25(23(21)27)17-11-10-16(28-2)13-18(17)29-3/h4-13,24H,1-3H3. The number of nitrogens with zero attached hydrogens (tertiary/aromatic N) is 1. The predicted molar refractivity (Wildman–Crippen MR) is 118 cm³/mol. The Hall–Kier alpha value is -3.58. The summed E-state index contributed by atoms with van der Waals surface area (Å²) in [6.07, 6.45) is 0. The number of nitrogens with one attached hydrogen (secondary N) is 1. The van der Waals surface area contributed by atoms with Gasteiger partial charge in [-0.05, 0) is 42.6 Å². The van der Waals surface area contributed by atoms with Gasteiger partial charge in [-0.3, -0.25) is 9.59 Å². The van der Waals surface area contributed by atoms with E-state index in [1.807, 2.05) is 48.7 Å². The number of imide groups is 1. The van der Waals surface area contributed by atoms with Crippen molar-refractivity contribution in [1.29, 1.82) is 0 Å². The Morgan fingerprint density at radius 2 is 1.70 bits per heavy atom. The molecule has 0 atom stereocenters. The molecule has 0 saturated heterocycles. The number of carbonyl (C=O) groups excluding carboxylic acids is 2. The van der Waals surface area contributed by atoms with Crippen LogP contribution in [0.3, 0.4) is 0 Å². The van der Waals surface area contributed by atoms with Gasteiger partial charge in [-0.15, -0.1) is 11.3 Å². The van der Waals surface area contributed by atoms with Crippen molar-refractivity contribution in [2.75, 3.05) is 24.4 Å². The Bertz CT molecular complexity index is 1130. The number of anilines is 2. The molecule has 7 heteroatoms. The minimum atomic E-state index is -0.438. The van der Waals surface area contributed by atoms with Crippen LogP contribution in [0.15, 0.2) is 65.7 Å². The topological polar surface area (TPSA) is 67.9 Å². The molecular formula is C23H20N2O4S. The third-order valence-electron chi connectivity index (χ3n) is 4.80. The largest absolute Gasteiger partial charge is 0.497 e. The molecule has 2 aromatic carbocycles. The first-order valence-corrected chi connectivity index (χ1v) is 10.1. The van der Waals surface area contributed by atoms with Crippen LogP contribution in [0, 0.1) is 6.92 Å². The van der Waals surface area contributed by atoms with Crippen molar-refractivity contribution >= 4 is 40.1 Å². The Kier molecular flexibility index (Phi) is 5.29. The van der Waals surface area contributed by atoms with Crippen LogP contribution in [0.2, 0.25) is 0 Å². The van der Waals surface area contributed by atoms with Gasteiger partial charge in [0, 0.05) is 16.6 Å². The van der Waals surface area contributed by atoms with Crippen LogP contribution in [0.1, 0.15) is 10.4 Å². The normalized spacial score (nSPS) is 13.8. The predicted octanol–water partition coefficient (Wildman–Crippen LogP) is 4.47. The van der Waals surface area contributed by atoms with Crippen LogP contribution >= 0.6 is 11.3 Å². The van der Waals surface area contributed by atoms with Gasteiger partial charge in [0.25, 0.3) is 11.8 Å². The summed E-state index contributed by atoms with van der Waals surface area (Å²) in [7, 11) is 3.03. The number of carbonyl (C=O) groups is 2. The molecule has 0 bridgehead atoms. The zero-order chi connectivity index (χ0) is 21.3. The van der Waals surface area contributed by atoms with Gasteiger partial charge in [0.1, 0.15) is 17.2 Å². The van der Waals surface area contributed by atoms with E-state index in [4.69, 9.17) is 9.47 Å². The number of amides is 2. The monoisotopic (exact) mass is 420 g/mol. The Morgan fingerprint density at radius 3 is 2.33 bits per heavy atom. The van der Waals surface area contributed by atoms with Gasteiger partial charge < -0.3 is 14.8 Å². The molecule has 30 heavy (non-hydrogen) atoms. The molecule has 0 aliphatic carbocycles. The lowest BCUT2D eigenvalue weighted by Crippen LogP contribution is -2.32. The van der Waals surface area contributed by atoms with Gasteiger partial charge in [-0.1, -0.05) is 23.8 Å². The fourth-order valence-electron chi connectivity index (χ4n) is 3.26. The first-order chi connectivity index (χ1) is 14.5. The van der Waals surface area contributed by atoms with Crippen molar-refractivity contribution in [2.45, 2.75) is 6.92 Å². The van der Waals surface area contributed by atoms with Crippen LogP contribution in [-0.4, -0.2) is 26.0 Å². The van der Waals surface area contributed by atoms with E-state index in [1.54, 1.807) is 25.3 Å². The zero-order valence-electron chi connectivity index (χ0n) is 16.8. The number of benzene rings is 2. The number of thiophene rings is 1. The highest BCUT2D eigenvalue weighted by Crippen LogP contribution is 2.40. The second-order valence-electron chi connectivity index (χ2n) is 6.70. The van der Waals surface area contributed by atoms with E-state index in [1.165, 1.54) is 18.4 Å². The van der Waals surface area contributed by atoms with Crippen LogP contribution in [0.4, 0.5) is 11.4 Å². The summed E-state index contributed by atoms with van der Waals surface area (Å²) >= 11 is 1.41. The summed E-state index contributed by atoms with van der Waals surface area (Å²) in [6.45, 7) is 1.99. The van der Waals surface area contributed by atoms with E-state index >= 15 is 0 Å². The summed E-state index contributed by atoms with van der Waals surface area (Å²) in [5, 5.41) is 5.03. The highest BCUT2D eigenvalue weighted by molar-refractivity contribution is 7.11. The molecule has 4 rings (SSSR count). The van der Waals surface area contributed by atoms with Crippen LogP contribution in [0.5, 0.6) is 11.5 Å². The van der Waals surface area contributed by atoms with Gasteiger partial charge >= 0.3 is 0 Å². The first-order valence-electron chi connectivity index (χ1n) is 9.26. The minimum Gasteiger partial charge on any atom is -0.497 e. The van der Waals surface area contributed by atoms with E-state index in [-0.39, 0.29) is 5.70 Å².